The molecule has 6 heteroatoms. The SMILES string of the molecule is CCC[C@@](C)(OCC)C(=O)Nc1ccc(OCCOCC)nc1. The number of pyridine rings is 1. The molecule has 1 atom stereocenters. The molecule has 1 aromatic rings. The van der Waals surface area contributed by atoms with Gasteiger partial charge in [-0.25, -0.2) is 4.98 Å². The van der Waals surface area contributed by atoms with Crippen LogP contribution in [0.1, 0.15) is 40.5 Å². The van der Waals surface area contributed by atoms with Crippen LogP contribution in [0.25, 0.3) is 0 Å². The van der Waals surface area contributed by atoms with E-state index in [1.807, 2.05) is 27.7 Å². The normalized spacial score (nSPS) is 13.4. The topological polar surface area (TPSA) is 69.7 Å². The van der Waals surface area contributed by atoms with Crippen LogP contribution in [0, 0.1) is 0 Å². The molecule has 1 N–H and O–H groups in total. The summed E-state index contributed by atoms with van der Waals surface area (Å²) in [4.78, 5) is 16.6. The summed E-state index contributed by atoms with van der Waals surface area (Å²) in [6.45, 7) is 9.80. The van der Waals surface area contributed by atoms with Crippen LogP contribution in [0.2, 0.25) is 0 Å². The maximum absolute atomic E-state index is 12.4. The summed E-state index contributed by atoms with van der Waals surface area (Å²) >= 11 is 0. The van der Waals surface area contributed by atoms with Gasteiger partial charge in [0.05, 0.1) is 18.5 Å². The van der Waals surface area contributed by atoms with Crippen LogP contribution in [0.5, 0.6) is 5.88 Å². The van der Waals surface area contributed by atoms with Crippen molar-refractivity contribution in [3.05, 3.63) is 18.3 Å². The zero-order chi connectivity index (χ0) is 17.1. The van der Waals surface area contributed by atoms with Gasteiger partial charge in [-0.2, -0.15) is 0 Å². The van der Waals surface area contributed by atoms with Crippen molar-refractivity contribution in [3.63, 3.8) is 0 Å². The fraction of sp³-hybridized carbons (Fsp3) is 0.647. The lowest BCUT2D eigenvalue weighted by Gasteiger charge is -2.27. The maximum Gasteiger partial charge on any atom is 0.256 e. The van der Waals surface area contributed by atoms with Crippen LogP contribution in [0.3, 0.4) is 0 Å². The lowest BCUT2D eigenvalue weighted by Crippen LogP contribution is -2.42. The summed E-state index contributed by atoms with van der Waals surface area (Å²) in [5.41, 5.74) is -0.204. The van der Waals surface area contributed by atoms with Crippen LogP contribution >= 0.6 is 0 Å². The summed E-state index contributed by atoms with van der Waals surface area (Å²) in [6, 6.07) is 3.48. The Morgan fingerprint density at radius 1 is 1.22 bits per heavy atom. The molecule has 1 amide bonds. The predicted molar refractivity (Wildman–Crippen MR) is 89.8 cm³/mol. The van der Waals surface area contributed by atoms with Gasteiger partial charge in [0.1, 0.15) is 12.2 Å². The monoisotopic (exact) mass is 324 g/mol. The molecular weight excluding hydrogens is 296 g/mol. The molecule has 130 valence electrons. The van der Waals surface area contributed by atoms with Crippen molar-refractivity contribution in [2.45, 2.75) is 46.1 Å². The molecule has 0 bridgehead atoms. The number of hydrogen-bond donors (Lipinski definition) is 1. The Morgan fingerprint density at radius 2 is 2.00 bits per heavy atom. The highest BCUT2D eigenvalue weighted by Gasteiger charge is 2.32. The van der Waals surface area contributed by atoms with Gasteiger partial charge in [-0.05, 0) is 33.3 Å². The Kier molecular flexibility index (Phi) is 8.58. The number of carbonyl (C=O) groups is 1. The van der Waals surface area contributed by atoms with Crippen LogP contribution in [-0.4, -0.2) is 42.9 Å². The summed E-state index contributed by atoms with van der Waals surface area (Å²) in [5, 5.41) is 2.85. The van der Waals surface area contributed by atoms with Crippen molar-refractivity contribution in [1.29, 1.82) is 0 Å². The van der Waals surface area contributed by atoms with Gasteiger partial charge in [-0.3, -0.25) is 4.79 Å². The second kappa shape index (κ2) is 10.2. The van der Waals surface area contributed by atoms with Crippen LogP contribution in [0.4, 0.5) is 5.69 Å². The van der Waals surface area contributed by atoms with Crippen LogP contribution in [0.15, 0.2) is 18.3 Å². The van der Waals surface area contributed by atoms with E-state index in [4.69, 9.17) is 14.2 Å². The molecule has 0 saturated heterocycles. The Labute approximate surface area is 138 Å². The van der Waals surface area contributed by atoms with Gasteiger partial charge >= 0.3 is 0 Å². The number of hydrogen-bond acceptors (Lipinski definition) is 5. The van der Waals surface area contributed by atoms with Crippen molar-refractivity contribution >= 4 is 11.6 Å². The molecular formula is C17H28N2O4. The standard InChI is InChI=1S/C17H28N2O4/c1-5-10-17(4,23-7-3)16(20)19-14-8-9-15(18-13-14)22-12-11-21-6-2/h8-9,13H,5-7,10-12H2,1-4H3,(H,19,20)/t17-/m1/s1. The van der Waals surface area contributed by atoms with E-state index in [0.29, 0.717) is 44.4 Å². The molecule has 0 spiro atoms. The molecule has 1 rings (SSSR count). The van der Waals surface area contributed by atoms with Crippen molar-refractivity contribution in [2.24, 2.45) is 0 Å². The van der Waals surface area contributed by atoms with Gasteiger partial charge in [-0.15, -0.1) is 0 Å². The Morgan fingerprint density at radius 3 is 2.57 bits per heavy atom. The molecule has 0 fully saturated rings. The average molecular weight is 324 g/mol. The summed E-state index contributed by atoms with van der Waals surface area (Å²) in [5.74, 6) is 0.344. The number of carbonyl (C=O) groups excluding carboxylic acids is 1. The second-order valence-corrected chi connectivity index (χ2v) is 5.30. The van der Waals surface area contributed by atoms with E-state index in [-0.39, 0.29) is 5.91 Å². The molecule has 0 aliphatic rings. The average Bonchev–Trinajstić information content (AvgIpc) is 2.53. The molecule has 0 saturated carbocycles. The first-order valence-corrected chi connectivity index (χ1v) is 8.17. The minimum absolute atomic E-state index is 0.159. The minimum Gasteiger partial charge on any atom is -0.475 e. The predicted octanol–water partition coefficient (Wildman–Crippen LogP) is 3.03. The Bertz CT molecular complexity index is 456. The van der Waals surface area contributed by atoms with Crippen molar-refractivity contribution in [3.8, 4) is 5.88 Å². The summed E-state index contributed by atoms with van der Waals surface area (Å²) in [7, 11) is 0. The maximum atomic E-state index is 12.4. The third kappa shape index (κ3) is 6.54. The number of nitrogens with zero attached hydrogens (tertiary/aromatic N) is 1. The zero-order valence-electron chi connectivity index (χ0n) is 14.6. The minimum atomic E-state index is -0.823. The second-order valence-electron chi connectivity index (χ2n) is 5.30. The first-order valence-electron chi connectivity index (χ1n) is 8.17. The van der Waals surface area contributed by atoms with Crippen molar-refractivity contribution in [2.75, 3.05) is 31.7 Å². The van der Waals surface area contributed by atoms with Gasteiger partial charge < -0.3 is 19.5 Å². The van der Waals surface area contributed by atoms with Crippen LogP contribution in [-0.2, 0) is 14.3 Å². The van der Waals surface area contributed by atoms with E-state index >= 15 is 0 Å². The fourth-order valence-electron chi connectivity index (χ4n) is 2.20. The third-order valence-corrected chi connectivity index (χ3v) is 3.35. The molecule has 0 aliphatic carbocycles. The fourth-order valence-corrected chi connectivity index (χ4v) is 2.20. The highest BCUT2D eigenvalue weighted by atomic mass is 16.5. The lowest BCUT2D eigenvalue weighted by molar-refractivity contribution is -0.139. The van der Waals surface area contributed by atoms with E-state index in [0.717, 1.165) is 6.42 Å². The highest BCUT2D eigenvalue weighted by molar-refractivity contribution is 5.96. The van der Waals surface area contributed by atoms with Gasteiger partial charge in [-0.1, -0.05) is 13.3 Å². The Hall–Kier alpha value is -1.66. The molecule has 0 radical (unpaired) electrons. The number of amides is 1. The summed E-state index contributed by atoms with van der Waals surface area (Å²) in [6.07, 6.45) is 3.11. The van der Waals surface area contributed by atoms with Crippen molar-refractivity contribution in [1.82, 2.24) is 4.98 Å². The summed E-state index contributed by atoms with van der Waals surface area (Å²) < 4.78 is 16.3. The number of ether oxygens (including phenoxy) is 3. The van der Waals surface area contributed by atoms with Gasteiger partial charge in [0, 0.05) is 19.3 Å². The van der Waals surface area contributed by atoms with E-state index < -0.39 is 5.60 Å². The Balaban J connectivity index is 2.57. The van der Waals surface area contributed by atoms with E-state index in [9.17, 15) is 4.79 Å². The smallest absolute Gasteiger partial charge is 0.256 e. The van der Waals surface area contributed by atoms with Gasteiger partial charge in [0.25, 0.3) is 5.91 Å². The van der Waals surface area contributed by atoms with E-state index in [2.05, 4.69) is 10.3 Å². The largest absolute Gasteiger partial charge is 0.475 e. The van der Waals surface area contributed by atoms with Gasteiger partial charge in [0.15, 0.2) is 0 Å². The lowest BCUT2D eigenvalue weighted by atomic mass is 9.99. The van der Waals surface area contributed by atoms with Crippen LogP contribution < -0.4 is 10.1 Å². The first kappa shape index (κ1) is 19.4. The molecule has 0 unspecified atom stereocenters. The molecule has 1 aromatic heterocycles. The van der Waals surface area contributed by atoms with E-state index in [1.165, 1.54) is 0 Å². The number of anilines is 1. The molecule has 6 nitrogen and oxygen atoms in total. The molecule has 0 aromatic carbocycles. The highest BCUT2D eigenvalue weighted by Crippen LogP contribution is 2.21. The number of aromatic nitrogens is 1. The number of rotatable bonds is 11. The molecule has 23 heavy (non-hydrogen) atoms. The first-order chi connectivity index (χ1) is 11.1. The van der Waals surface area contributed by atoms with Crippen molar-refractivity contribution < 1.29 is 19.0 Å². The molecule has 1 heterocycles. The third-order valence-electron chi connectivity index (χ3n) is 3.35. The quantitative estimate of drug-likeness (QED) is 0.634. The molecule has 0 aliphatic heterocycles. The van der Waals surface area contributed by atoms with Gasteiger partial charge in [0.2, 0.25) is 5.88 Å². The number of nitrogens with one attached hydrogen (secondary N) is 1. The zero-order valence-corrected chi connectivity index (χ0v) is 14.6. The van der Waals surface area contributed by atoms with E-state index in [1.54, 1.807) is 18.3 Å².